The van der Waals surface area contributed by atoms with Crippen LogP contribution >= 0.6 is 0 Å². The number of H-pyrrole nitrogens is 1. The molecule has 2 aromatic rings. The summed E-state index contributed by atoms with van der Waals surface area (Å²) in [7, 11) is 0. The van der Waals surface area contributed by atoms with Crippen LogP contribution in [0.25, 0.3) is 10.9 Å². The normalized spacial score (nSPS) is 13.7. The van der Waals surface area contributed by atoms with Gasteiger partial charge in [-0.2, -0.15) is 0 Å². The van der Waals surface area contributed by atoms with Crippen molar-refractivity contribution in [1.29, 1.82) is 0 Å². The van der Waals surface area contributed by atoms with Crippen molar-refractivity contribution in [3.8, 4) is 0 Å². The van der Waals surface area contributed by atoms with Crippen molar-refractivity contribution >= 4 is 16.9 Å². The number of aliphatic hydroxyl groups excluding tert-OH is 1. The highest BCUT2D eigenvalue weighted by Crippen LogP contribution is 2.32. The second kappa shape index (κ2) is 4.38. The minimum absolute atomic E-state index is 0.147. The SMILES string of the molecule is CC(O)c1c[nH]c2c(C(=O)O)cc(C(C)(C)C)cc12. The van der Waals surface area contributed by atoms with E-state index in [4.69, 9.17) is 0 Å². The summed E-state index contributed by atoms with van der Waals surface area (Å²) >= 11 is 0. The molecule has 0 aliphatic carbocycles. The molecule has 19 heavy (non-hydrogen) atoms. The largest absolute Gasteiger partial charge is 0.478 e. The first-order valence-corrected chi connectivity index (χ1v) is 6.28. The third-order valence-corrected chi connectivity index (χ3v) is 3.37. The summed E-state index contributed by atoms with van der Waals surface area (Å²) in [4.78, 5) is 14.3. The number of fused-ring (bicyclic) bond motifs is 1. The third-order valence-electron chi connectivity index (χ3n) is 3.37. The lowest BCUT2D eigenvalue weighted by Gasteiger charge is -2.20. The number of carbonyl (C=O) groups is 1. The molecule has 0 amide bonds. The number of benzene rings is 1. The van der Waals surface area contributed by atoms with Gasteiger partial charge in [0.1, 0.15) is 0 Å². The standard InChI is InChI=1S/C15H19NO3/c1-8(17)12-7-16-13-10(12)5-9(15(2,3)4)6-11(13)14(18)19/h5-8,16-17H,1-4H3,(H,18,19). The number of hydrogen-bond acceptors (Lipinski definition) is 2. The third kappa shape index (κ3) is 2.36. The van der Waals surface area contributed by atoms with Crippen LogP contribution < -0.4 is 0 Å². The molecule has 102 valence electrons. The predicted molar refractivity (Wildman–Crippen MR) is 74.6 cm³/mol. The lowest BCUT2D eigenvalue weighted by Crippen LogP contribution is -2.13. The van der Waals surface area contributed by atoms with Crippen LogP contribution in [0.2, 0.25) is 0 Å². The summed E-state index contributed by atoms with van der Waals surface area (Å²) in [6, 6.07) is 3.66. The van der Waals surface area contributed by atoms with Crippen molar-refractivity contribution in [2.24, 2.45) is 0 Å². The molecule has 0 fully saturated rings. The van der Waals surface area contributed by atoms with Gasteiger partial charge in [-0.25, -0.2) is 4.79 Å². The Balaban J connectivity index is 2.83. The number of aromatic carboxylic acids is 1. The van der Waals surface area contributed by atoms with Gasteiger partial charge in [-0.05, 0) is 30.0 Å². The maximum atomic E-state index is 11.4. The summed E-state index contributed by atoms with van der Waals surface area (Å²) in [5, 5.41) is 19.9. The Labute approximate surface area is 112 Å². The van der Waals surface area contributed by atoms with Crippen molar-refractivity contribution in [1.82, 2.24) is 4.98 Å². The second-order valence-corrected chi connectivity index (χ2v) is 5.92. The van der Waals surface area contributed by atoms with Gasteiger partial charge < -0.3 is 15.2 Å². The van der Waals surface area contributed by atoms with Crippen molar-refractivity contribution in [2.75, 3.05) is 0 Å². The van der Waals surface area contributed by atoms with E-state index in [0.717, 1.165) is 16.5 Å². The molecule has 4 nitrogen and oxygen atoms in total. The molecule has 0 bridgehead atoms. The number of aromatic nitrogens is 1. The van der Waals surface area contributed by atoms with Crippen LogP contribution in [0, 0.1) is 0 Å². The zero-order chi connectivity index (χ0) is 14.4. The highest BCUT2D eigenvalue weighted by Gasteiger charge is 2.21. The molecule has 4 heteroatoms. The van der Waals surface area contributed by atoms with Crippen LogP contribution in [-0.2, 0) is 5.41 Å². The number of rotatable bonds is 2. The molecule has 3 N–H and O–H groups in total. The maximum absolute atomic E-state index is 11.4. The van der Waals surface area contributed by atoms with Gasteiger partial charge in [0.05, 0.1) is 17.2 Å². The van der Waals surface area contributed by atoms with E-state index in [2.05, 4.69) is 4.98 Å². The molecule has 1 aromatic heterocycles. The summed E-state index contributed by atoms with van der Waals surface area (Å²) in [6.07, 6.45) is 1.04. The number of carboxylic acids is 1. The maximum Gasteiger partial charge on any atom is 0.337 e. The van der Waals surface area contributed by atoms with Crippen molar-refractivity contribution in [3.63, 3.8) is 0 Å². The first-order chi connectivity index (χ1) is 8.71. The Hall–Kier alpha value is -1.81. The van der Waals surface area contributed by atoms with E-state index in [0.29, 0.717) is 5.52 Å². The fraction of sp³-hybridized carbons (Fsp3) is 0.400. The number of aromatic amines is 1. The Morgan fingerprint density at radius 2 is 1.95 bits per heavy atom. The second-order valence-electron chi connectivity index (χ2n) is 5.92. The van der Waals surface area contributed by atoms with Crippen LogP contribution in [-0.4, -0.2) is 21.2 Å². The molecular weight excluding hydrogens is 242 g/mol. The molecule has 0 radical (unpaired) electrons. The number of aliphatic hydroxyl groups is 1. The Kier molecular flexibility index (Phi) is 3.14. The molecule has 0 aliphatic rings. The van der Waals surface area contributed by atoms with Gasteiger partial charge in [0.15, 0.2) is 0 Å². The Morgan fingerprint density at radius 1 is 1.32 bits per heavy atom. The predicted octanol–water partition coefficient (Wildman–Crippen LogP) is 3.22. The van der Waals surface area contributed by atoms with Gasteiger partial charge in [0.2, 0.25) is 0 Å². The first-order valence-electron chi connectivity index (χ1n) is 6.28. The van der Waals surface area contributed by atoms with Crippen molar-refractivity contribution in [3.05, 3.63) is 35.0 Å². The minimum Gasteiger partial charge on any atom is -0.478 e. The molecule has 1 aromatic carbocycles. The first kappa shape index (κ1) is 13.6. The smallest absolute Gasteiger partial charge is 0.337 e. The molecule has 1 atom stereocenters. The summed E-state index contributed by atoms with van der Waals surface area (Å²) in [5.41, 5.74) is 2.33. The van der Waals surface area contributed by atoms with Crippen molar-refractivity contribution in [2.45, 2.75) is 39.2 Å². The van der Waals surface area contributed by atoms with Gasteiger partial charge in [-0.1, -0.05) is 20.8 Å². The van der Waals surface area contributed by atoms with Crippen LogP contribution in [0.5, 0.6) is 0 Å². The van der Waals surface area contributed by atoms with Gasteiger partial charge in [0.25, 0.3) is 0 Å². The van der Waals surface area contributed by atoms with Gasteiger partial charge in [0, 0.05) is 17.1 Å². The van der Waals surface area contributed by atoms with E-state index in [1.807, 2.05) is 26.8 Å². The fourth-order valence-corrected chi connectivity index (χ4v) is 2.20. The molecule has 0 spiro atoms. The number of carboxylic acid groups (broad SMARTS) is 1. The lowest BCUT2D eigenvalue weighted by molar-refractivity contribution is 0.0698. The highest BCUT2D eigenvalue weighted by atomic mass is 16.4. The summed E-state index contributed by atoms with van der Waals surface area (Å²) in [6.45, 7) is 7.78. The Morgan fingerprint density at radius 3 is 2.42 bits per heavy atom. The van der Waals surface area contributed by atoms with Crippen LogP contribution in [0.3, 0.4) is 0 Å². The van der Waals surface area contributed by atoms with E-state index >= 15 is 0 Å². The lowest BCUT2D eigenvalue weighted by atomic mass is 9.84. The van der Waals surface area contributed by atoms with E-state index < -0.39 is 12.1 Å². The van der Waals surface area contributed by atoms with Crippen LogP contribution in [0.1, 0.15) is 55.3 Å². The quantitative estimate of drug-likeness (QED) is 0.777. The molecule has 2 rings (SSSR count). The zero-order valence-electron chi connectivity index (χ0n) is 11.6. The van der Waals surface area contributed by atoms with E-state index in [9.17, 15) is 15.0 Å². The van der Waals surface area contributed by atoms with Crippen LogP contribution in [0.4, 0.5) is 0 Å². The van der Waals surface area contributed by atoms with E-state index in [1.54, 1.807) is 19.2 Å². The van der Waals surface area contributed by atoms with E-state index in [1.165, 1.54) is 0 Å². The summed E-state index contributed by atoms with van der Waals surface area (Å²) in [5.74, 6) is -0.963. The van der Waals surface area contributed by atoms with E-state index in [-0.39, 0.29) is 11.0 Å². The topological polar surface area (TPSA) is 73.3 Å². The van der Waals surface area contributed by atoms with Gasteiger partial charge in [-0.3, -0.25) is 0 Å². The Bertz CT molecular complexity index is 633. The number of nitrogens with one attached hydrogen (secondary N) is 1. The average Bonchev–Trinajstić information content (AvgIpc) is 2.69. The molecule has 0 aliphatic heterocycles. The van der Waals surface area contributed by atoms with Gasteiger partial charge >= 0.3 is 5.97 Å². The van der Waals surface area contributed by atoms with Crippen LogP contribution in [0.15, 0.2) is 18.3 Å². The molecule has 1 heterocycles. The molecule has 0 saturated heterocycles. The minimum atomic E-state index is -0.963. The molecule has 1 unspecified atom stereocenters. The average molecular weight is 261 g/mol. The number of hydrogen-bond donors (Lipinski definition) is 3. The van der Waals surface area contributed by atoms with Crippen molar-refractivity contribution < 1.29 is 15.0 Å². The molecule has 0 saturated carbocycles. The van der Waals surface area contributed by atoms with Gasteiger partial charge in [-0.15, -0.1) is 0 Å². The fourth-order valence-electron chi connectivity index (χ4n) is 2.20. The zero-order valence-corrected chi connectivity index (χ0v) is 11.6. The summed E-state index contributed by atoms with van der Waals surface area (Å²) < 4.78 is 0. The highest BCUT2D eigenvalue weighted by molar-refractivity contribution is 6.03. The monoisotopic (exact) mass is 261 g/mol. The molecular formula is C15H19NO3.